The van der Waals surface area contributed by atoms with E-state index >= 15 is 0 Å². The fraction of sp³-hybridized carbons (Fsp3) is 0.655. The fourth-order valence-corrected chi connectivity index (χ4v) is 8.17. The first-order valence-corrected chi connectivity index (χ1v) is 15.7. The number of methoxy groups -OCH3 is 1. The van der Waals surface area contributed by atoms with E-state index in [1.54, 1.807) is 11.3 Å². The van der Waals surface area contributed by atoms with Crippen molar-refractivity contribution in [2.45, 2.75) is 88.5 Å². The molecule has 4 aliphatic heterocycles. The minimum Gasteiger partial charge on any atom is -0.453 e. The van der Waals surface area contributed by atoms with Crippen LogP contribution in [0.15, 0.2) is 17.8 Å². The van der Waals surface area contributed by atoms with Crippen LogP contribution in [0.4, 0.5) is 10.6 Å². The van der Waals surface area contributed by atoms with E-state index in [2.05, 4.69) is 38.5 Å². The molecule has 1 N–H and O–H groups in total. The molecule has 1 aliphatic carbocycles. The van der Waals surface area contributed by atoms with Crippen molar-refractivity contribution >= 4 is 33.5 Å². The van der Waals surface area contributed by atoms with E-state index in [4.69, 9.17) is 19.4 Å². The van der Waals surface area contributed by atoms with Crippen molar-refractivity contribution in [3.8, 4) is 0 Å². The fourth-order valence-electron chi connectivity index (χ4n) is 7.23. The first-order chi connectivity index (χ1) is 19.6. The van der Waals surface area contributed by atoms with Gasteiger partial charge in [0.05, 0.1) is 36.8 Å². The van der Waals surface area contributed by atoms with Gasteiger partial charge in [-0.15, -0.1) is 11.3 Å². The topological polar surface area (TPSA) is 97.6 Å². The number of ether oxygens (including phenoxy) is 2. The summed E-state index contributed by atoms with van der Waals surface area (Å²) in [6, 6.07) is 2.06. The van der Waals surface area contributed by atoms with E-state index in [1.165, 1.54) is 25.5 Å². The SMILES string of the molecule is COC(=O)N1C2CC1CN(C1CCC(Nc3nc(Cc4cnn(C5CCOCC5)c4)nc4scc(C)c34)CC1)C2. The number of thiophene rings is 1. The Kier molecular flexibility index (Phi) is 7.13. The number of hydrogen-bond donors (Lipinski definition) is 1. The van der Waals surface area contributed by atoms with Crippen LogP contribution in [0, 0.1) is 6.92 Å². The molecule has 0 radical (unpaired) electrons. The number of fused-ring (bicyclic) bond motifs is 3. The number of piperazine rings is 1. The number of anilines is 1. The molecule has 2 atom stereocenters. The van der Waals surface area contributed by atoms with Crippen LogP contribution in [-0.4, -0.2) is 93.2 Å². The molecule has 11 heteroatoms. The Labute approximate surface area is 239 Å². The van der Waals surface area contributed by atoms with Gasteiger partial charge in [0, 0.05) is 51.0 Å². The number of amides is 1. The highest BCUT2D eigenvalue weighted by Crippen LogP contribution is 2.37. The molecule has 2 bridgehead atoms. The van der Waals surface area contributed by atoms with E-state index in [9.17, 15) is 4.79 Å². The molecule has 0 spiro atoms. The van der Waals surface area contributed by atoms with Crippen molar-refractivity contribution in [3.63, 3.8) is 0 Å². The quantitative estimate of drug-likeness (QED) is 0.470. The van der Waals surface area contributed by atoms with Gasteiger partial charge >= 0.3 is 6.09 Å². The molecule has 5 fully saturated rings. The van der Waals surface area contributed by atoms with Crippen LogP contribution in [0.1, 0.15) is 67.9 Å². The normalized spacial score (nSPS) is 27.5. The van der Waals surface area contributed by atoms with Crippen LogP contribution in [0.2, 0.25) is 0 Å². The molecule has 3 aromatic heterocycles. The molecule has 0 aromatic carbocycles. The first-order valence-electron chi connectivity index (χ1n) is 14.8. The Bertz CT molecular complexity index is 1350. The average molecular weight is 566 g/mol. The Morgan fingerprint density at radius 3 is 2.60 bits per heavy atom. The number of carbonyl (C=O) groups excluding carboxylic acids is 1. The molecule has 40 heavy (non-hydrogen) atoms. The lowest BCUT2D eigenvalue weighted by atomic mass is 9.83. The lowest BCUT2D eigenvalue weighted by Crippen LogP contribution is -2.71. The molecule has 1 amide bonds. The van der Waals surface area contributed by atoms with E-state index in [0.717, 1.165) is 85.8 Å². The third-order valence-corrected chi connectivity index (χ3v) is 10.4. The van der Waals surface area contributed by atoms with Crippen LogP contribution >= 0.6 is 11.3 Å². The molecule has 3 aromatic rings. The van der Waals surface area contributed by atoms with Crippen LogP contribution in [0.25, 0.3) is 10.2 Å². The minimum atomic E-state index is -0.166. The van der Waals surface area contributed by atoms with Gasteiger partial charge < -0.3 is 14.8 Å². The van der Waals surface area contributed by atoms with Gasteiger partial charge in [0.1, 0.15) is 16.5 Å². The second kappa shape index (κ2) is 10.9. The maximum Gasteiger partial charge on any atom is 0.410 e. The molecule has 10 nitrogen and oxygen atoms in total. The van der Waals surface area contributed by atoms with E-state index in [0.29, 0.717) is 36.6 Å². The Morgan fingerprint density at radius 2 is 1.85 bits per heavy atom. The zero-order chi connectivity index (χ0) is 27.2. The second-order valence-electron chi connectivity index (χ2n) is 12.0. The number of aryl methyl sites for hydroxylation is 1. The lowest BCUT2D eigenvalue weighted by molar-refractivity contribution is -0.0720. The average Bonchev–Trinajstić information content (AvgIpc) is 3.60. The predicted molar refractivity (Wildman–Crippen MR) is 154 cm³/mol. The molecular formula is C29H39N7O3S. The maximum atomic E-state index is 12.1. The summed E-state index contributed by atoms with van der Waals surface area (Å²) in [5.74, 6) is 1.83. The molecular weight excluding hydrogens is 526 g/mol. The summed E-state index contributed by atoms with van der Waals surface area (Å²) in [6.07, 6.45) is 12.4. The van der Waals surface area contributed by atoms with Crippen LogP contribution in [-0.2, 0) is 15.9 Å². The highest BCUT2D eigenvalue weighted by Gasteiger charge is 2.49. The molecule has 214 valence electrons. The van der Waals surface area contributed by atoms with E-state index < -0.39 is 0 Å². The van der Waals surface area contributed by atoms with Gasteiger partial charge in [-0.25, -0.2) is 14.8 Å². The van der Waals surface area contributed by atoms with Gasteiger partial charge in [-0.2, -0.15) is 5.10 Å². The highest BCUT2D eigenvalue weighted by atomic mass is 32.1. The molecule has 7 heterocycles. The predicted octanol–water partition coefficient (Wildman–Crippen LogP) is 4.39. The number of hydrogen-bond acceptors (Lipinski definition) is 9. The summed E-state index contributed by atoms with van der Waals surface area (Å²) < 4.78 is 12.6. The first kappa shape index (κ1) is 26.2. The summed E-state index contributed by atoms with van der Waals surface area (Å²) in [7, 11) is 1.48. The summed E-state index contributed by atoms with van der Waals surface area (Å²) >= 11 is 1.70. The maximum absolute atomic E-state index is 12.1. The Hall–Kier alpha value is -2.76. The Morgan fingerprint density at radius 1 is 1.07 bits per heavy atom. The number of rotatable bonds is 6. The van der Waals surface area contributed by atoms with Crippen molar-refractivity contribution in [1.82, 2.24) is 29.5 Å². The summed E-state index contributed by atoms with van der Waals surface area (Å²) in [4.78, 5) is 27.7. The third kappa shape index (κ3) is 4.96. The van der Waals surface area contributed by atoms with Crippen LogP contribution in [0.3, 0.4) is 0 Å². The molecule has 1 saturated carbocycles. The molecule has 4 saturated heterocycles. The molecule has 2 unspecified atom stereocenters. The lowest BCUT2D eigenvalue weighted by Gasteiger charge is -2.57. The van der Waals surface area contributed by atoms with Gasteiger partial charge in [-0.05, 0) is 68.4 Å². The summed E-state index contributed by atoms with van der Waals surface area (Å²) in [5, 5.41) is 11.8. The monoisotopic (exact) mass is 565 g/mol. The summed E-state index contributed by atoms with van der Waals surface area (Å²) in [5.41, 5.74) is 2.38. The highest BCUT2D eigenvalue weighted by molar-refractivity contribution is 7.17. The van der Waals surface area contributed by atoms with E-state index in [1.807, 2.05) is 11.1 Å². The number of nitrogens with one attached hydrogen (secondary N) is 1. The van der Waals surface area contributed by atoms with Gasteiger partial charge in [0.25, 0.3) is 0 Å². The second-order valence-corrected chi connectivity index (χ2v) is 12.8. The zero-order valence-electron chi connectivity index (χ0n) is 23.4. The standard InChI is InChI=1S/C29H39N7O3S/c1-18-17-40-28-26(18)27(32-25(33-28)11-19-13-30-35(14-19)22-7-9-39-10-8-22)31-20-3-5-21(6-4-20)34-15-23-12-24(16-34)36(23)29(37)38-2/h13-14,17,20-24H,3-12,15-16H2,1-2H3,(H,31,32,33). The van der Waals surface area contributed by atoms with Crippen molar-refractivity contribution in [2.24, 2.45) is 0 Å². The number of piperidine rings is 1. The van der Waals surface area contributed by atoms with Crippen molar-refractivity contribution in [3.05, 3.63) is 34.7 Å². The van der Waals surface area contributed by atoms with E-state index in [-0.39, 0.29) is 6.09 Å². The van der Waals surface area contributed by atoms with Crippen molar-refractivity contribution in [1.29, 1.82) is 0 Å². The van der Waals surface area contributed by atoms with Crippen molar-refractivity contribution < 1.29 is 14.3 Å². The number of aromatic nitrogens is 4. The van der Waals surface area contributed by atoms with Gasteiger partial charge in [0.15, 0.2) is 0 Å². The van der Waals surface area contributed by atoms with Crippen LogP contribution in [0.5, 0.6) is 0 Å². The Balaban J connectivity index is 1.00. The van der Waals surface area contributed by atoms with Gasteiger partial charge in [-0.3, -0.25) is 14.5 Å². The number of carbonyl (C=O) groups is 1. The smallest absolute Gasteiger partial charge is 0.410 e. The van der Waals surface area contributed by atoms with Crippen molar-refractivity contribution in [2.75, 3.05) is 38.7 Å². The largest absolute Gasteiger partial charge is 0.453 e. The van der Waals surface area contributed by atoms with Gasteiger partial charge in [0.2, 0.25) is 0 Å². The van der Waals surface area contributed by atoms with Crippen LogP contribution < -0.4 is 5.32 Å². The molecule has 8 rings (SSSR count). The third-order valence-electron chi connectivity index (χ3n) is 9.41. The summed E-state index contributed by atoms with van der Waals surface area (Å²) in [6.45, 7) is 5.72. The number of nitrogens with zero attached hydrogens (tertiary/aromatic N) is 6. The zero-order valence-corrected chi connectivity index (χ0v) is 24.2. The molecule has 5 aliphatic rings. The van der Waals surface area contributed by atoms with Gasteiger partial charge in [-0.1, -0.05) is 0 Å². The minimum absolute atomic E-state index is 0.166.